The van der Waals surface area contributed by atoms with Gasteiger partial charge < -0.3 is 5.11 Å². The zero-order chi connectivity index (χ0) is 15.4. The van der Waals surface area contributed by atoms with E-state index in [1.807, 2.05) is 48.5 Å². The molecular formula is C19H21NO2. The van der Waals surface area contributed by atoms with Crippen molar-refractivity contribution in [2.75, 3.05) is 13.1 Å². The Morgan fingerprint density at radius 2 is 1.59 bits per heavy atom. The van der Waals surface area contributed by atoms with Gasteiger partial charge in [-0.15, -0.1) is 0 Å². The summed E-state index contributed by atoms with van der Waals surface area (Å²) >= 11 is 0. The van der Waals surface area contributed by atoms with Gasteiger partial charge in [0.25, 0.3) is 0 Å². The zero-order valence-corrected chi connectivity index (χ0v) is 12.6. The summed E-state index contributed by atoms with van der Waals surface area (Å²) in [6, 6.07) is 20.2. The Morgan fingerprint density at radius 1 is 1.00 bits per heavy atom. The summed E-state index contributed by atoms with van der Waals surface area (Å²) in [5, 5.41) is 9.78. The van der Waals surface area contributed by atoms with Crippen LogP contribution in [0.5, 0.6) is 0 Å². The van der Waals surface area contributed by atoms with Gasteiger partial charge in [0.2, 0.25) is 0 Å². The summed E-state index contributed by atoms with van der Waals surface area (Å²) < 4.78 is 0. The molecule has 1 heterocycles. The maximum atomic E-state index is 11.9. The molecule has 0 radical (unpaired) electrons. The average Bonchev–Trinajstić information content (AvgIpc) is 2.93. The van der Waals surface area contributed by atoms with E-state index in [0.717, 1.165) is 18.7 Å². The molecular weight excluding hydrogens is 274 g/mol. The molecule has 0 unspecified atom stereocenters. The summed E-state index contributed by atoms with van der Waals surface area (Å²) in [4.78, 5) is 14.2. The van der Waals surface area contributed by atoms with Gasteiger partial charge in [0.05, 0.1) is 5.41 Å². The van der Waals surface area contributed by atoms with Gasteiger partial charge in [0.15, 0.2) is 0 Å². The summed E-state index contributed by atoms with van der Waals surface area (Å²) in [5.74, 6) is -0.674. The topological polar surface area (TPSA) is 40.5 Å². The molecule has 0 amide bonds. The van der Waals surface area contributed by atoms with Crippen LogP contribution in [0.4, 0.5) is 0 Å². The van der Waals surface area contributed by atoms with Crippen molar-refractivity contribution in [1.29, 1.82) is 0 Å². The Kier molecular flexibility index (Phi) is 4.25. The normalized spacial score (nSPS) is 21.8. The number of carbonyl (C=O) groups is 1. The Balaban J connectivity index is 1.72. The third-order valence-corrected chi connectivity index (χ3v) is 4.52. The number of hydrogen-bond donors (Lipinski definition) is 1. The van der Waals surface area contributed by atoms with Crippen molar-refractivity contribution in [3.63, 3.8) is 0 Å². The molecule has 0 aliphatic carbocycles. The Hall–Kier alpha value is -2.13. The number of rotatable bonds is 5. The molecule has 114 valence electrons. The maximum absolute atomic E-state index is 11.9. The lowest BCUT2D eigenvalue weighted by molar-refractivity contribution is -0.148. The third-order valence-electron chi connectivity index (χ3n) is 4.52. The van der Waals surface area contributed by atoms with E-state index in [1.165, 1.54) is 5.56 Å². The van der Waals surface area contributed by atoms with Crippen molar-refractivity contribution in [2.45, 2.75) is 19.4 Å². The minimum atomic E-state index is -0.674. The van der Waals surface area contributed by atoms with Crippen LogP contribution in [0.3, 0.4) is 0 Å². The lowest BCUT2D eigenvalue weighted by Crippen LogP contribution is -2.36. The molecule has 0 aromatic heterocycles. The number of carboxylic acids is 1. The lowest BCUT2D eigenvalue weighted by Gasteiger charge is -2.25. The molecule has 3 nitrogen and oxygen atoms in total. The van der Waals surface area contributed by atoms with Crippen LogP contribution in [0.2, 0.25) is 0 Å². The van der Waals surface area contributed by atoms with Gasteiger partial charge in [-0.3, -0.25) is 9.69 Å². The molecule has 1 aliphatic heterocycles. The van der Waals surface area contributed by atoms with E-state index in [1.54, 1.807) is 0 Å². The predicted molar refractivity (Wildman–Crippen MR) is 86.6 cm³/mol. The van der Waals surface area contributed by atoms with Crippen molar-refractivity contribution in [3.05, 3.63) is 71.8 Å². The average molecular weight is 295 g/mol. The highest BCUT2D eigenvalue weighted by Gasteiger charge is 2.44. The first-order valence-corrected chi connectivity index (χ1v) is 7.72. The van der Waals surface area contributed by atoms with Crippen LogP contribution < -0.4 is 0 Å². The molecule has 1 aliphatic rings. The van der Waals surface area contributed by atoms with Crippen molar-refractivity contribution in [1.82, 2.24) is 4.90 Å². The van der Waals surface area contributed by atoms with E-state index in [0.29, 0.717) is 19.4 Å². The Labute approximate surface area is 131 Å². The second kappa shape index (κ2) is 6.32. The summed E-state index contributed by atoms with van der Waals surface area (Å²) in [7, 11) is 0. The van der Waals surface area contributed by atoms with Gasteiger partial charge in [-0.1, -0.05) is 60.7 Å². The van der Waals surface area contributed by atoms with Gasteiger partial charge in [0, 0.05) is 13.1 Å². The Bertz CT molecular complexity index is 626. The number of hydrogen-bond acceptors (Lipinski definition) is 2. The quantitative estimate of drug-likeness (QED) is 0.921. The molecule has 2 aromatic rings. The van der Waals surface area contributed by atoms with Crippen molar-refractivity contribution in [2.24, 2.45) is 5.41 Å². The van der Waals surface area contributed by atoms with E-state index in [4.69, 9.17) is 0 Å². The van der Waals surface area contributed by atoms with E-state index in [-0.39, 0.29) is 0 Å². The number of carboxylic acid groups (broad SMARTS) is 1. The number of nitrogens with zero attached hydrogens (tertiary/aromatic N) is 1. The molecule has 3 heteroatoms. The van der Waals surface area contributed by atoms with Crippen LogP contribution >= 0.6 is 0 Å². The molecule has 1 saturated heterocycles. The fourth-order valence-corrected chi connectivity index (χ4v) is 3.32. The predicted octanol–water partition coefficient (Wildman–Crippen LogP) is 3.21. The molecule has 3 rings (SSSR count). The van der Waals surface area contributed by atoms with Crippen molar-refractivity contribution >= 4 is 5.97 Å². The largest absolute Gasteiger partial charge is 0.481 e. The molecule has 2 aromatic carbocycles. The first-order valence-electron chi connectivity index (χ1n) is 7.72. The SMILES string of the molecule is O=C(O)[C@]1(Cc2ccccc2)CCN(Cc2ccccc2)C1. The standard InChI is InChI=1S/C19H21NO2/c21-18(22)19(13-16-7-3-1-4-8-16)11-12-20(15-19)14-17-9-5-2-6-10-17/h1-10H,11-15H2,(H,21,22)/t19-/m0/s1. The van der Waals surface area contributed by atoms with Crippen LogP contribution in [0, 0.1) is 5.41 Å². The van der Waals surface area contributed by atoms with E-state index in [9.17, 15) is 9.90 Å². The number of likely N-dealkylation sites (tertiary alicyclic amines) is 1. The molecule has 1 N–H and O–H groups in total. The van der Waals surface area contributed by atoms with Gasteiger partial charge in [-0.25, -0.2) is 0 Å². The fraction of sp³-hybridized carbons (Fsp3) is 0.316. The monoisotopic (exact) mass is 295 g/mol. The van der Waals surface area contributed by atoms with Crippen LogP contribution in [-0.2, 0) is 17.8 Å². The van der Waals surface area contributed by atoms with Gasteiger partial charge in [0.1, 0.15) is 0 Å². The third kappa shape index (κ3) is 3.20. The van der Waals surface area contributed by atoms with Crippen LogP contribution in [-0.4, -0.2) is 29.1 Å². The second-order valence-corrected chi connectivity index (χ2v) is 6.19. The maximum Gasteiger partial charge on any atom is 0.311 e. The van der Waals surface area contributed by atoms with E-state index < -0.39 is 11.4 Å². The second-order valence-electron chi connectivity index (χ2n) is 6.19. The minimum Gasteiger partial charge on any atom is -0.481 e. The number of benzene rings is 2. The summed E-state index contributed by atoms with van der Waals surface area (Å²) in [6.45, 7) is 2.28. The first-order chi connectivity index (χ1) is 10.7. The van der Waals surface area contributed by atoms with E-state index in [2.05, 4.69) is 17.0 Å². The van der Waals surface area contributed by atoms with Gasteiger partial charge >= 0.3 is 5.97 Å². The molecule has 0 bridgehead atoms. The van der Waals surface area contributed by atoms with Crippen molar-refractivity contribution < 1.29 is 9.90 Å². The smallest absolute Gasteiger partial charge is 0.311 e. The highest BCUT2D eigenvalue weighted by molar-refractivity contribution is 5.76. The molecule has 1 fully saturated rings. The fourth-order valence-electron chi connectivity index (χ4n) is 3.32. The highest BCUT2D eigenvalue weighted by atomic mass is 16.4. The summed E-state index contributed by atoms with van der Waals surface area (Å²) in [5.41, 5.74) is 1.69. The Morgan fingerprint density at radius 3 is 2.18 bits per heavy atom. The minimum absolute atomic E-state index is 0.606. The molecule has 0 saturated carbocycles. The van der Waals surface area contributed by atoms with E-state index >= 15 is 0 Å². The first kappa shape index (κ1) is 14.8. The molecule has 1 atom stereocenters. The van der Waals surface area contributed by atoms with Gasteiger partial charge in [-0.2, -0.15) is 0 Å². The van der Waals surface area contributed by atoms with Crippen LogP contribution in [0.1, 0.15) is 17.5 Å². The van der Waals surface area contributed by atoms with Crippen molar-refractivity contribution in [3.8, 4) is 0 Å². The number of aliphatic carboxylic acids is 1. The lowest BCUT2D eigenvalue weighted by atomic mass is 9.81. The van der Waals surface area contributed by atoms with Crippen LogP contribution in [0.15, 0.2) is 60.7 Å². The zero-order valence-electron chi connectivity index (χ0n) is 12.6. The summed E-state index contributed by atoms with van der Waals surface area (Å²) in [6.07, 6.45) is 1.32. The van der Waals surface area contributed by atoms with Crippen LogP contribution in [0.25, 0.3) is 0 Å². The highest BCUT2D eigenvalue weighted by Crippen LogP contribution is 2.35. The molecule has 0 spiro atoms. The molecule has 22 heavy (non-hydrogen) atoms. The van der Waals surface area contributed by atoms with Gasteiger partial charge in [-0.05, 0) is 30.5 Å².